The third-order valence-electron chi connectivity index (χ3n) is 16.5. The van der Waals surface area contributed by atoms with Crippen molar-refractivity contribution in [2.75, 3.05) is 40.2 Å². The van der Waals surface area contributed by atoms with Crippen LogP contribution in [-0.4, -0.2) is 95.6 Å². The Morgan fingerprint density at radius 1 is 0.792 bits per heavy atom. The largest absolute Gasteiger partial charge is 0.508 e. The minimum atomic E-state index is -1.06. The Kier molecular flexibility index (Phi) is 14.2. The molecule has 0 amide bonds. The lowest BCUT2D eigenvalue weighted by molar-refractivity contribution is -0.149. The second-order valence-electron chi connectivity index (χ2n) is 20.9. The third kappa shape index (κ3) is 9.54. The Balaban J connectivity index is 1.05. The number of methoxy groups -OCH3 is 1. The Morgan fingerprint density at radius 3 is 2.43 bits per heavy atom. The highest BCUT2D eigenvalue weighted by Crippen LogP contribution is 2.56. The van der Waals surface area contributed by atoms with Gasteiger partial charge in [-0.1, -0.05) is 49.3 Å². The van der Waals surface area contributed by atoms with Crippen molar-refractivity contribution in [2.24, 2.45) is 17.8 Å². The molecular formula is C59H68N2O11. The van der Waals surface area contributed by atoms with Crippen LogP contribution in [0.5, 0.6) is 40.2 Å². The van der Waals surface area contributed by atoms with E-state index in [0.29, 0.717) is 72.9 Å². The van der Waals surface area contributed by atoms with Gasteiger partial charge in [0.15, 0.2) is 0 Å². The van der Waals surface area contributed by atoms with Gasteiger partial charge in [0.1, 0.15) is 53.0 Å². The number of nitrogens with one attached hydrogen (secondary N) is 2. The fourth-order valence-corrected chi connectivity index (χ4v) is 13.1. The van der Waals surface area contributed by atoms with Crippen LogP contribution in [0, 0.1) is 29.6 Å². The summed E-state index contributed by atoms with van der Waals surface area (Å²) in [7, 11) is 1.69. The average molecular weight is 981 g/mol. The van der Waals surface area contributed by atoms with Crippen molar-refractivity contribution in [3.8, 4) is 63.2 Å². The van der Waals surface area contributed by atoms with Gasteiger partial charge >= 0.3 is 0 Å². The molecule has 5 aromatic rings. The molecule has 2 saturated carbocycles. The van der Waals surface area contributed by atoms with Crippen molar-refractivity contribution >= 4 is 10.8 Å². The molecule has 4 heterocycles. The quantitative estimate of drug-likeness (QED) is 0.0465. The molecule has 380 valence electrons. The van der Waals surface area contributed by atoms with E-state index in [-0.39, 0.29) is 60.7 Å². The van der Waals surface area contributed by atoms with Crippen LogP contribution < -0.4 is 29.6 Å². The van der Waals surface area contributed by atoms with Gasteiger partial charge in [0.05, 0.1) is 36.9 Å². The van der Waals surface area contributed by atoms with Gasteiger partial charge in [-0.2, -0.15) is 0 Å². The van der Waals surface area contributed by atoms with Gasteiger partial charge in [-0.3, -0.25) is 10.6 Å². The van der Waals surface area contributed by atoms with Crippen LogP contribution in [0.25, 0.3) is 21.9 Å². The van der Waals surface area contributed by atoms with E-state index in [0.717, 1.165) is 84.6 Å². The molecule has 0 radical (unpaired) electrons. The van der Waals surface area contributed by atoms with Crippen LogP contribution in [0.1, 0.15) is 112 Å². The summed E-state index contributed by atoms with van der Waals surface area (Å²) in [5, 5.41) is 65.5. The normalized spacial score (nSPS) is 26.7. The van der Waals surface area contributed by atoms with Crippen molar-refractivity contribution in [1.82, 2.24) is 10.6 Å². The predicted octanol–water partition coefficient (Wildman–Crippen LogP) is 9.12. The van der Waals surface area contributed by atoms with Crippen molar-refractivity contribution in [1.29, 1.82) is 0 Å². The summed E-state index contributed by atoms with van der Waals surface area (Å²) in [6, 6.07) is 23.2. The maximum absolute atomic E-state index is 13.3. The van der Waals surface area contributed by atoms with E-state index in [9.17, 15) is 25.5 Å². The highest BCUT2D eigenvalue weighted by atomic mass is 16.5. The van der Waals surface area contributed by atoms with E-state index >= 15 is 0 Å². The molecular weight excluding hydrogens is 913 g/mol. The van der Waals surface area contributed by atoms with Gasteiger partial charge in [0, 0.05) is 84.3 Å². The number of fused-ring (bicyclic) bond motifs is 7. The maximum atomic E-state index is 13.3. The molecule has 13 heteroatoms. The predicted molar refractivity (Wildman–Crippen MR) is 273 cm³/mol. The average Bonchev–Trinajstić information content (AvgIpc) is 3.89. The van der Waals surface area contributed by atoms with Crippen molar-refractivity contribution in [3.05, 3.63) is 101 Å². The molecule has 72 heavy (non-hydrogen) atoms. The summed E-state index contributed by atoms with van der Waals surface area (Å²) in [5.74, 6) is 8.56. The van der Waals surface area contributed by atoms with Gasteiger partial charge in [0.2, 0.25) is 0 Å². The highest BCUT2D eigenvalue weighted by molar-refractivity contribution is 5.96. The number of phenols is 3. The lowest BCUT2D eigenvalue weighted by atomic mass is 9.67. The minimum absolute atomic E-state index is 0.0384. The number of phenolic OH excluding ortho intramolecular Hbond substituents is 3. The lowest BCUT2D eigenvalue weighted by Gasteiger charge is -2.52. The third-order valence-corrected chi connectivity index (χ3v) is 16.5. The molecule has 3 fully saturated rings. The number of ether oxygens (including phenoxy) is 6. The van der Waals surface area contributed by atoms with E-state index in [1.807, 2.05) is 36.4 Å². The Labute approximate surface area is 421 Å². The Bertz CT molecular complexity index is 2810. The van der Waals surface area contributed by atoms with Crippen LogP contribution >= 0.6 is 0 Å². The molecule has 13 nitrogen and oxygen atoms in total. The summed E-state index contributed by atoms with van der Waals surface area (Å²) in [4.78, 5) is 0. The zero-order valence-electron chi connectivity index (χ0n) is 41.1. The number of benzene rings is 5. The van der Waals surface area contributed by atoms with Crippen LogP contribution in [-0.2, 0) is 15.9 Å². The van der Waals surface area contributed by atoms with Crippen LogP contribution in [0.2, 0.25) is 0 Å². The van der Waals surface area contributed by atoms with Gasteiger partial charge in [-0.05, 0) is 135 Å². The van der Waals surface area contributed by atoms with E-state index in [4.69, 9.17) is 28.4 Å². The molecule has 2 aliphatic carbocycles. The lowest BCUT2D eigenvalue weighted by Crippen LogP contribution is -2.68. The van der Waals surface area contributed by atoms with E-state index in [2.05, 4.69) is 22.5 Å². The van der Waals surface area contributed by atoms with Crippen molar-refractivity contribution < 1.29 is 54.0 Å². The topological polar surface area (TPSA) is 181 Å². The van der Waals surface area contributed by atoms with Crippen LogP contribution in [0.15, 0.2) is 78.9 Å². The fourth-order valence-electron chi connectivity index (χ4n) is 13.1. The van der Waals surface area contributed by atoms with E-state index < -0.39 is 36.3 Å². The number of hydrogen-bond donors (Lipinski definition) is 7. The smallest absolute Gasteiger partial charge is 0.149 e. The monoisotopic (exact) mass is 980 g/mol. The molecule has 11 rings (SSSR count). The van der Waals surface area contributed by atoms with Crippen LogP contribution in [0.4, 0.5) is 0 Å². The molecule has 7 N–H and O–H groups in total. The highest BCUT2D eigenvalue weighted by Gasteiger charge is 2.53. The second kappa shape index (κ2) is 21.0. The SMILES string of the molecule is COCCCC1Oc2c3cc(c4cc(O)ccc24)OCC#CC2C(NCNC24CCCCC4)C(CCO)OC3C1C1COc2c(Cc3cc(O)ccc3-c3cccc(O)c3)cc(OC3CCCC3)cc2C1O. The standard InChI is InChI=1S/C59H68N2O11/c1-67-24-9-15-50-53(48-33-69-56-37(29-42(31-46(56)55(48)66)70-41-12-3-4-13-41)26-36-28-39(64)16-18-43(36)35-10-7-11-38(63)27-35)58-47-32-52(45-30-40(65)17-19-44(45)57(47)71-50)68-25-8-14-49-54(51(72-58)20-23-62)60-34-61-59(49)21-5-2-6-22-59/h7,10-11,16-19,27-32,41,48-51,53-55,58,60-66H,2-6,9,12-13,15,20-26,33-34H2,1H3. The first kappa shape index (κ1) is 48.5. The first-order valence-corrected chi connectivity index (χ1v) is 26.3. The number of aromatic hydroxyl groups is 3. The molecule has 4 aliphatic heterocycles. The van der Waals surface area contributed by atoms with E-state index in [1.54, 1.807) is 49.6 Å². The van der Waals surface area contributed by atoms with Gasteiger partial charge in [-0.15, -0.1) is 0 Å². The fraction of sp³-hybridized carbons (Fsp3) is 0.492. The molecule has 6 aliphatic rings. The van der Waals surface area contributed by atoms with Crippen molar-refractivity contribution in [3.63, 3.8) is 0 Å². The summed E-state index contributed by atoms with van der Waals surface area (Å²) in [5.41, 5.74) is 4.38. The number of aliphatic hydroxyl groups excluding tert-OH is 2. The second-order valence-corrected chi connectivity index (χ2v) is 20.9. The van der Waals surface area contributed by atoms with Crippen LogP contribution in [0.3, 0.4) is 0 Å². The summed E-state index contributed by atoms with van der Waals surface area (Å²) >= 11 is 0. The van der Waals surface area contributed by atoms with Gasteiger partial charge in [-0.25, -0.2) is 0 Å². The molecule has 8 atom stereocenters. The molecule has 5 aromatic carbocycles. The first-order valence-electron chi connectivity index (χ1n) is 26.3. The Morgan fingerprint density at radius 2 is 1.61 bits per heavy atom. The molecule has 2 bridgehead atoms. The minimum Gasteiger partial charge on any atom is -0.508 e. The molecule has 0 aromatic heterocycles. The number of hydrogen-bond acceptors (Lipinski definition) is 13. The molecule has 8 unspecified atom stereocenters. The number of rotatable bonds is 12. The first-order chi connectivity index (χ1) is 35.2. The molecule has 1 spiro atoms. The van der Waals surface area contributed by atoms with Crippen molar-refractivity contribution in [2.45, 2.75) is 126 Å². The molecule has 1 saturated heterocycles. The zero-order valence-corrected chi connectivity index (χ0v) is 41.1. The Hall–Kier alpha value is -5.72. The van der Waals surface area contributed by atoms with Gasteiger partial charge in [0.25, 0.3) is 0 Å². The van der Waals surface area contributed by atoms with E-state index in [1.165, 1.54) is 6.42 Å². The van der Waals surface area contributed by atoms with Gasteiger partial charge < -0.3 is 54.0 Å². The maximum Gasteiger partial charge on any atom is 0.149 e. The zero-order chi connectivity index (χ0) is 49.3. The number of aliphatic hydroxyl groups is 2. The summed E-state index contributed by atoms with van der Waals surface area (Å²) in [6.45, 7) is 1.23. The summed E-state index contributed by atoms with van der Waals surface area (Å²) in [6.07, 6.45) is 8.61. The summed E-state index contributed by atoms with van der Waals surface area (Å²) < 4.78 is 41.0.